The predicted molar refractivity (Wildman–Crippen MR) is 115 cm³/mol. The van der Waals surface area contributed by atoms with Crippen LogP contribution in [0.5, 0.6) is 0 Å². The van der Waals surface area contributed by atoms with Gasteiger partial charge in [0.05, 0.1) is 12.3 Å². The number of anilines is 2. The van der Waals surface area contributed by atoms with Crippen LogP contribution >= 0.6 is 11.8 Å². The van der Waals surface area contributed by atoms with E-state index >= 15 is 0 Å². The maximum Gasteiger partial charge on any atom is 0.234 e. The Kier molecular flexibility index (Phi) is 6.87. The minimum Gasteiger partial charge on any atom is -0.378 e. The van der Waals surface area contributed by atoms with Crippen molar-refractivity contribution in [1.82, 2.24) is 14.8 Å². The van der Waals surface area contributed by atoms with E-state index in [0.29, 0.717) is 23.9 Å². The molecule has 3 aromatic rings. The monoisotopic (exact) mass is 413 g/mol. The molecular weight excluding hydrogens is 389 g/mol. The molecule has 29 heavy (non-hydrogen) atoms. The van der Waals surface area contributed by atoms with E-state index in [9.17, 15) is 9.18 Å². The molecule has 8 heteroatoms. The van der Waals surface area contributed by atoms with Crippen LogP contribution in [0.25, 0.3) is 0 Å². The average Bonchev–Trinajstić information content (AvgIpc) is 3.09. The van der Waals surface area contributed by atoms with Gasteiger partial charge in [0, 0.05) is 17.9 Å². The summed E-state index contributed by atoms with van der Waals surface area (Å²) in [6.07, 6.45) is 0. The standard InChI is InChI=1S/C21H24FN5OS/c1-4-27-19(12-23-18-10-5-14(2)11-15(18)3)25-26-21(27)29-13-20(28)24-17-8-6-16(22)7-9-17/h5-11,23H,4,12-13H2,1-3H3,(H,24,28). The van der Waals surface area contributed by atoms with Gasteiger partial charge in [-0.3, -0.25) is 4.79 Å². The zero-order valence-electron chi connectivity index (χ0n) is 16.7. The lowest BCUT2D eigenvalue weighted by Gasteiger charge is -2.11. The molecule has 0 saturated carbocycles. The highest BCUT2D eigenvalue weighted by Crippen LogP contribution is 2.20. The maximum absolute atomic E-state index is 13.0. The van der Waals surface area contributed by atoms with Crippen molar-refractivity contribution in [3.8, 4) is 0 Å². The summed E-state index contributed by atoms with van der Waals surface area (Å²) in [5.74, 6) is 0.492. The molecule has 2 aromatic carbocycles. The molecule has 0 radical (unpaired) electrons. The summed E-state index contributed by atoms with van der Waals surface area (Å²) in [4.78, 5) is 12.2. The van der Waals surface area contributed by atoms with Crippen LogP contribution in [0.2, 0.25) is 0 Å². The number of carbonyl (C=O) groups is 1. The summed E-state index contributed by atoms with van der Waals surface area (Å²) >= 11 is 1.33. The molecule has 1 heterocycles. The third kappa shape index (κ3) is 5.57. The number of amides is 1. The quantitative estimate of drug-likeness (QED) is 0.536. The first-order valence-corrected chi connectivity index (χ1v) is 10.4. The summed E-state index contributed by atoms with van der Waals surface area (Å²) in [6, 6.07) is 11.9. The van der Waals surface area contributed by atoms with Gasteiger partial charge in [-0.1, -0.05) is 29.5 Å². The molecule has 1 amide bonds. The zero-order chi connectivity index (χ0) is 20.8. The van der Waals surface area contributed by atoms with E-state index in [1.165, 1.54) is 47.2 Å². The molecule has 152 valence electrons. The van der Waals surface area contributed by atoms with E-state index < -0.39 is 0 Å². The van der Waals surface area contributed by atoms with E-state index in [1.807, 2.05) is 11.5 Å². The summed E-state index contributed by atoms with van der Waals surface area (Å²) in [5.41, 5.74) is 4.03. The number of rotatable bonds is 8. The van der Waals surface area contributed by atoms with E-state index in [2.05, 4.69) is 52.9 Å². The van der Waals surface area contributed by atoms with Gasteiger partial charge in [0.25, 0.3) is 0 Å². The fourth-order valence-electron chi connectivity index (χ4n) is 2.92. The summed E-state index contributed by atoms with van der Waals surface area (Å²) in [7, 11) is 0. The molecule has 0 aliphatic heterocycles. The molecule has 1 aromatic heterocycles. The van der Waals surface area contributed by atoms with Crippen molar-refractivity contribution >= 4 is 29.0 Å². The molecule has 3 rings (SSSR count). The first-order valence-electron chi connectivity index (χ1n) is 9.37. The third-order valence-electron chi connectivity index (χ3n) is 4.39. The van der Waals surface area contributed by atoms with Crippen LogP contribution in [-0.2, 0) is 17.9 Å². The fraction of sp³-hybridized carbons (Fsp3) is 0.286. The van der Waals surface area contributed by atoms with Gasteiger partial charge in [-0.05, 0) is 56.7 Å². The van der Waals surface area contributed by atoms with Gasteiger partial charge in [0.15, 0.2) is 11.0 Å². The number of thioether (sulfide) groups is 1. The van der Waals surface area contributed by atoms with Gasteiger partial charge in [-0.2, -0.15) is 0 Å². The number of carbonyl (C=O) groups excluding carboxylic acids is 1. The third-order valence-corrected chi connectivity index (χ3v) is 5.36. The van der Waals surface area contributed by atoms with Crippen molar-refractivity contribution in [3.63, 3.8) is 0 Å². The SMILES string of the molecule is CCn1c(CNc2ccc(C)cc2C)nnc1SCC(=O)Nc1ccc(F)cc1. The number of aryl methyl sites for hydroxylation is 2. The maximum atomic E-state index is 13.0. The van der Waals surface area contributed by atoms with E-state index in [0.717, 1.165) is 11.5 Å². The van der Waals surface area contributed by atoms with Gasteiger partial charge in [-0.25, -0.2) is 4.39 Å². The average molecular weight is 414 g/mol. The van der Waals surface area contributed by atoms with E-state index in [-0.39, 0.29) is 17.5 Å². The zero-order valence-corrected chi connectivity index (χ0v) is 17.5. The van der Waals surface area contributed by atoms with Crippen LogP contribution in [0.1, 0.15) is 23.9 Å². The van der Waals surface area contributed by atoms with Gasteiger partial charge >= 0.3 is 0 Å². The molecule has 0 spiro atoms. The van der Waals surface area contributed by atoms with Crippen LogP contribution in [0.4, 0.5) is 15.8 Å². The van der Waals surface area contributed by atoms with Crippen LogP contribution in [0.3, 0.4) is 0 Å². The van der Waals surface area contributed by atoms with Crippen molar-refractivity contribution in [2.24, 2.45) is 0 Å². The van der Waals surface area contributed by atoms with Gasteiger partial charge in [-0.15, -0.1) is 10.2 Å². The van der Waals surface area contributed by atoms with Gasteiger partial charge in [0.1, 0.15) is 5.82 Å². The summed E-state index contributed by atoms with van der Waals surface area (Å²) in [5, 5.41) is 15.4. The molecule has 0 bridgehead atoms. The van der Waals surface area contributed by atoms with Crippen molar-refractivity contribution in [1.29, 1.82) is 0 Å². The van der Waals surface area contributed by atoms with Crippen molar-refractivity contribution in [2.45, 2.75) is 39.0 Å². The number of hydrogen-bond acceptors (Lipinski definition) is 5. The highest BCUT2D eigenvalue weighted by molar-refractivity contribution is 7.99. The lowest BCUT2D eigenvalue weighted by molar-refractivity contribution is -0.113. The number of hydrogen-bond donors (Lipinski definition) is 2. The highest BCUT2D eigenvalue weighted by Gasteiger charge is 2.13. The Morgan fingerprint density at radius 2 is 1.90 bits per heavy atom. The predicted octanol–water partition coefficient (Wildman–Crippen LogP) is 4.40. The number of benzene rings is 2. The normalized spacial score (nSPS) is 10.8. The number of halogens is 1. The Bertz CT molecular complexity index is 987. The second-order valence-electron chi connectivity index (χ2n) is 6.66. The van der Waals surface area contributed by atoms with Gasteiger partial charge < -0.3 is 15.2 Å². The van der Waals surface area contributed by atoms with Crippen LogP contribution in [0.15, 0.2) is 47.6 Å². The summed E-state index contributed by atoms with van der Waals surface area (Å²) < 4.78 is 14.9. The molecule has 6 nitrogen and oxygen atoms in total. The second kappa shape index (κ2) is 9.56. The smallest absolute Gasteiger partial charge is 0.234 e. The van der Waals surface area contributed by atoms with Crippen LogP contribution < -0.4 is 10.6 Å². The topological polar surface area (TPSA) is 71.8 Å². The van der Waals surface area contributed by atoms with Crippen molar-refractivity contribution in [2.75, 3.05) is 16.4 Å². The van der Waals surface area contributed by atoms with Crippen LogP contribution in [-0.4, -0.2) is 26.4 Å². The number of aromatic nitrogens is 3. The second-order valence-corrected chi connectivity index (χ2v) is 7.60. The molecule has 0 fully saturated rings. The fourth-order valence-corrected chi connectivity index (χ4v) is 3.74. The molecule has 0 unspecified atom stereocenters. The van der Waals surface area contributed by atoms with E-state index in [4.69, 9.17) is 0 Å². The molecule has 0 aliphatic rings. The Morgan fingerprint density at radius 3 is 2.59 bits per heavy atom. The molecule has 0 saturated heterocycles. The molecule has 0 atom stereocenters. The Hall–Kier alpha value is -2.87. The molecule has 2 N–H and O–H groups in total. The summed E-state index contributed by atoms with van der Waals surface area (Å²) in [6.45, 7) is 7.42. The first-order chi connectivity index (χ1) is 14.0. The number of nitrogens with zero attached hydrogens (tertiary/aromatic N) is 3. The molecular formula is C21H24FN5OS. The lowest BCUT2D eigenvalue weighted by Crippen LogP contribution is -2.15. The largest absolute Gasteiger partial charge is 0.378 e. The first kappa shape index (κ1) is 20.9. The molecule has 0 aliphatic carbocycles. The highest BCUT2D eigenvalue weighted by atomic mass is 32.2. The lowest BCUT2D eigenvalue weighted by atomic mass is 10.1. The minimum atomic E-state index is -0.338. The van der Waals surface area contributed by atoms with Crippen molar-refractivity contribution < 1.29 is 9.18 Å². The van der Waals surface area contributed by atoms with Gasteiger partial charge in [0.2, 0.25) is 5.91 Å². The Morgan fingerprint density at radius 1 is 1.14 bits per heavy atom. The van der Waals surface area contributed by atoms with Crippen molar-refractivity contribution in [3.05, 3.63) is 65.2 Å². The van der Waals surface area contributed by atoms with E-state index in [1.54, 1.807) is 0 Å². The Balaban J connectivity index is 1.58. The minimum absolute atomic E-state index is 0.179. The number of nitrogens with one attached hydrogen (secondary N) is 2. The van der Waals surface area contributed by atoms with Crippen LogP contribution in [0, 0.1) is 19.7 Å². The Labute approximate surface area is 173 Å².